The number of hydrogen-bond acceptors (Lipinski definition) is 2. The topological polar surface area (TPSA) is 29.5 Å². The standard InChI is InChI=1S/C15H22O2/c1-12-11-13(17-2)7-8-14(12)15(16)9-5-3-4-6-10-15/h7-8,11,16H,3-6,9-10H2,1-2H3. The maximum Gasteiger partial charge on any atom is 0.119 e. The SMILES string of the molecule is COc1ccc(C2(O)CCCCCC2)c(C)c1. The summed E-state index contributed by atoms with van der Waals surface area (Å²) in [5, 5.41) is 10.8. The number of methoxy groups -OCH3 is 1. The third-order valence-corrected chi connectivity index (χ3v) is 3.87. The van der Waals surface area contributed by atoms with Crippen molar-refractivity contribution in [3.63, 3.8) is 0 Å². The van der Waals surface area contributed by atoms with Crippen molar-refractivity contribution in [2.75, 3.05) is 7.11 Å². The van der Waals surface area contributed by atoms with E-state index >= 15 is 0 Å². The van der Waals surface area contributed by atoms with Gasteiger partial charge < -0.3 is 9.84 Å². The first kappa shape index (κ1) is 12.4. The molecule has 17 heavy (non-hydrogen) atoms. The molecule has 1 saturated carbocycles. The second kappa shape index (κ2) is 5.09. The Balaban J connectivity index is 2.31. The number of aryl methyl sites for hydroxylation is 1. The summed E-state index contributed by atoms with van der Waals surface area (Å²) in [5.74, 6) is 0.864. The molecular formula is C15H22O2. The lowest BCUT2D eigenvalue weighted by Crippen LogP contribution is -2.25. The highest BCUT2D eigenvalue weighted by Gasteiger charge is 2.31. The van der Waals surface area contributed by atoms with Crippen LogP contribution in [0.4, 0.5) is 0 Å². The molecule has 1 aliphatic rings. The van der Waals surface area contributed by atoms with Crippen molar-refractivity contribution in [3.8, 4) is 5.75 Å². The molecule has 0 amide bonds. The van der Waals surface area contributed by atoms with Crippen molar-refractivity contribution in [3.05, 3.63) is 29.3 Å². The molecule has 2 nitrogen and oxygen atoms in total. The highest BCUT2D eigenvalue weighted by molar-refractivity contribution is 5.38. The fraction of sp³-hybridized carbons (Fsp3) is 0.600. The van der Waals surface area contributed by atoms with E-state index in [-0.39, 0.29) is 0 Å². The van der Waals surface area contributed by atoms with E-state index in [0.29, 0.717) is 0 Å². The molecular weight excluding hydrogens is 212 g/mol. The van der Waals surface area contributed by atoms with Crippen LogP contribution in [0.1, 0.15) is 49.7 Å². The fourth-order valence-corrected chi connectivity index (χ4v) is 2.87. The molecule has 1 fully saturated rings. The number of rotatable bonds is 2. The lowest BCUT2D eigenvalue weighted by molar-refractivity contribution is 0.0201. The van der Waals surface area contributed by atoms with Crippen LogP contribution in [-0.4, -0.2) is 12.2 Å². The zero-order valence-corrected chi connectivity index (χ0v) is 10.8. The second-order valence-corrected chi connectivity index (χ2v) is 5.13. The van der Waals surface area contributed by atoms with Crippen molar-refractivity contribution in [1.29, 1.82) is 0 Å². The quantitative estimate of drug-likeness (QED) is 0.793. The highest BCUT2D eigenvalue weighted by Crippen LogP contribution is 2.38. The van der Waals surface area contributed by atoms with E-state index in [1.165, 1.54) is 12.8 Å². The molecule has 2 heteroatoms. The molecule has 0 bridgehead atoms. The van der Waals surface area contributed by atoms with Crippen molar-refractivity contribution in [2.45, 2.75) is 51.0 Å². The third kappa shape index (κ3) is 2.63. The molecule has 0 aliphatic heterocycles. The predicted octanol–water partition coefficient (Wildman–Crippen LogP) is 3.55. The Labute approximate surface area is 104 Å². The van der Waals surface area contributed by atoms with Crippen LogP contribution < -0.4 is 4.74 Å². The lowest BCUT2D eigenvalue weighted by Gasteiger charge is -2.29. The summed E-state index contributed by atoms with van der Waals surface area (Å²) in [4.78, 5) is 0. The van der Waals surface area contributed by atoms with Crippen molar-refractivity contribution >= 4 is 0 Å². The van der Waals surface area contributed by atoms with Gasteiger partial charge >= 0.3 is 0 Å². The van der Waals surface area contributed by atoms with Gasteiger partial charge in [-0.2, -0.15) is 0 Å². The van der Waals surface area contributed by atoms with Gasteiger partial charge in [-0.3, -0.25) is 0 Å². The molecule has 0 atom stereocenters. The van der Waals surface area contributed by atoms with Gasteiger partial charge in [0.1, 0.15) is 5.75 Å². The number of hydrogen-bond donors (Lipinski definition) is 1. The summed E-state index contributed by atoms with van der Waals surface area (Å²) >= 11 is 0. The van der Waals surface area contributed by atoms with Crippen molar-refractivity contribution < 1.29 is 9.84 Å². The van der Waals surface area contributed by atoms with Crippen molar-refractivity contribution in [2.24, 2.45) is 0 Å². The molecule has 1 aliphatic carbocycles. The van der Waals surface area contributed by atoms with Gasteiger partial charge in [0.2, 0.25) is 0 Å². The molecule has 1 aromatic carbocycles. The molecule has 0 unspecified atom stereocenters. The molecule has 0 spiro atoms. The normalized spacial score (nSPS) is 19.7. The Morgan fingerprint density at radius 2 is 1.76 bits per heavy atom. The van der Waals surface area contributed by atoms with E-state index in [0.717, 1.165) is 42.6 Å². The zero-order valence-electron chi connectivity index (χ0n) is 10.8. The third-order valence-electron chi connectivity index (χ3n) is 3.87. The van der Waals surface area contributed by atoms with E-state index in [2.05, 4.69) is 6.92 Å². The van der Waals surface area contributed by atoms with Crippen LogP contribution >= 0.6 is 0 Å². The Morgan fingerprint density at radius 3 is 2.29 bits per heavy atom. The largest absolute Gasteiger partial charge is 0.497 e. The molecule has 2 rings (SSSR count). The number of benzene rings is 1. The first-order valence-electron chi connectivity index (χ1n) is 6.53. The Bertz CT molecular complexity index is 377. The molecule has 1 N–H and O–H groups in total. The minimum absolute atomic E-state index is 0.618. The van der Waals surface area contributed by atoms with E-state index in [4.69, 9.17) is 4.74 Å². The number of ether oxygens (including phenoxy) is 1. The van der Waals surface area contributed by atoms with Gasteiger partial charge in [0.25, 0.3) is 0 Å². The first-order valence-corrected chi connectivity index (χ1v) is 6.53. The second-order valence-electron chi connectivity index (χ2n) is 5.13. The molecule has 94 valence electrons. The summed E-state index contributed by atoms with van der Waals surface area (Å²) < 4.78 is 5.21. The van der Waals surface area contributed by atoms with Crippen LogP contribution in [-0.2, 0) is 5.60 Å². The minimum Gasteiger partial charge on any atom is -0.497 e. The number of aliphatic hydroxyl groups is 1. The fourth-order valence-electron chi connectivity index (χ4n) is 2.87. The lowest BCUT2D eigenvalue weighted by atomic mass is 9.84. The zero-order chi connectivity index (χ0) is 12.3. The van der Waals surface area contributed by atoms with Gasteiger partial charge in [0.05, 0.1) is 12.7 Å². The summed E-state index contributed by atoms with van der Waals surface area (Å²) in [5.41, 5.74) is 1.60. The van der Waals surface area contributed by atoms with Crippen molar-refractivity contribution in [1.82, 2.24) is 0 Å². The summed E-state index contributed by atoms with van der Waals surface area (Å²) in [6.07, 6.45) is 6.53. The summed E-state index contributed by atoms with van der Waals surface area (Å²) in [6.45, 7) is 2.06. The van der Waals surface area contributed by atoms with Gasteiger partial charge in [0.15, 0.2) is 0 Å². The summed E-state index contributed by atoms with van der Waals surface area (Å²) in [7, 11) is 1.68. The van der Waals surface area contributed by atoms with Gasteiger partial charge in [0, 0.05) is 0 Å². The Morgan fingerprint density at radius 1 is 1.12 bits per heavy atom. The molecule has 1 aromatic rings. The van der Waals surface area contributed by atoms with Gasteiger partial charge in [-0.25, -0.2) is 0 Å². The minimum atomic E-state index is -0.618. The molecule has 0 saturated heterocycles. The van der Waals surface area contributed by atoms with E-state index in [1.54, 1.807) is 7.11 Å². The molecule has 0 aromatic heterocycles. The smallest absolute Gasteiger partial charge is 0.119 e. The van der Waals surface area contributed by atoms with Gasteiger partial charge in [-0.15, -0.1) is 0 Å². The average molecular weight is 234 g/mol. The summed E-state index contributed by atoms with van der Waals surface area (Å²) in [6, 6.07) is 5.99. The van der Waals surface area contributed by atoms with Crippen LogP contribution in [0.5, 0.6) is 5.75 Å². The maximum atomic E-state index is 10.8. The van der Waals surface area contributed by atoms with Crippen LogP contribution in [0.15, 0.2) is 18.2 Å². The maximum absolute atomic E-state index is 10.8. The average Bonchev–Trinajstić information content (AvgIpc) is 2.54. The van der Waals surface area contributed by atoms with Crippen LogP contribution in [0, 0.1) is 6.92 Å². The van der Waals surface area contributed by atoms with Gasteiger partial charge in [-0.05, 0) is 43.0 Å². The Hall–Kier alpha value is -1.02. The highest BCUT2D eigenvalue weighted by atomic mass is 16.5. The van der Waals surface area contributed by atoms with E-state index < -0.39 is 5.60 Å². The van der Waals surface area contributed by atoms with Crippen LogP contribution in [0.2, 0.25) is 0 Å². The van der Waals surface area contributed by atoms with Crippen LogP contribution in [0.25, 0.3) is 0 Å². The van der Waals surface area contributed by atoms with Gasteiger partial charge in [-0.1, -0.05) is 31.7 Å². The van der Waals surface area contributed by atoms with E-state index in [9.17, 15) is 5.11 Å². The first-order chi connectivity index (χ1) is 8.15. The molecule has 0 radical (unpaired) electrons. The van der Waals surface area contributed by atoms with Crippen LogP contribution in [0.3, 0.4) is 0 Å². The Kier molecular flexibility index (Phi) is 3.72. The van der Waals surface area contributed by atoms with E-state index in [1.807, 2.05) is 18.2 Å². The predicted molar refractivity (Wildman–Crippen MR) is 69.3 cm³/mol. The molecule has 0 heterocycles. The monoisotopic (exact) mass is 234 g/mol.